The summed E-state index contributed by atoms with van der Waals surface area (Å²) >= 11 is 0. The molecule has 1 saturated heterocycles. The van der Waals surface area contributed by atoms with Gasteiger partial charge in [0.05, 0.1) is 17.5 Å². The first-order valence-electron chi connectivity index (χ1n) is 8.44. The number of carbonyl (C=O) groups is 1. The highest BCUT2D eigenvalue weighted by Crippen LogP contribution is 2.41. The molecule has 1 amide bonds. The number of nitrogens with zero attached hydrogens (tertiary/aromatic N) is 3. The van der Waals surface area contributed by atoms with Crippen molar-refractivity contribution in [1.82, 2.24) is 20.0 Å². The highest BCUT2D eigenvalue weighted by Gasteiger charge is 2.43. The molecule has 1 saturated carbocycles. The standard InChI is InChI=1S/C16H26N4O3S.ClH/c1-11-13(8-17-19(11)2)16(21)18-15-10-20(6-7-24(3,22)23)9-14(15)12-4-5-12;/h8,12,14-15H,4-7,9-10H2,1-3H3,(H,18,21);1H/t14-,15+;/m1./s1. The number of likely N-dealkylation sites (tertiary alicyclic amines) is 1. The zero-order valence-corrected chi connectivity index (χ0v) is 16.6. The van der Waals surface area contributed by atoms with Crippen molar-refractivity contribution in [3.05, 3.63) is 17.5 Å². The monoisotopic (exact) mass is 390 g/mol. The van der Waals surface area contributed by atoms with Gasteiger partial charge in [-0.15, -0.1) is 12.4 Å². The predicted molar refractivity (Wildman–Crippen MR) is 98.8 cm³/mol. The number of aromatic nitrogens is 2. The molecule has 2 heterocycles. The first-order valence-corrected chi connectivity index (χ1v) is 10.5. The number of rotatable bonds is 6. The molecule has 1 aromatic rings. The van der Waals surface area contributed by atoms with Gasteiger partial charge in [-0.1, -0.05) is 0 Å². The Morgan fingerprint density at radius 1 is 1.36 bits per heavy atom. The molecule has 1 aromatic heterocycles. The fourth-order valence-corrected chi connectivity index (χ4v) is 4.10. The first kappa shape index (κ1) is 20.2. The van der Waals surface area contributed by atoms with Gasteiger partial charge in [0, 0.05) is 44.7 Å². The molecule has 0 radical (unpaired) electrons. The second kappa shape index (κ2) is 7.63. The van der Waals surface area contributed by atoms with Crippen LogP contribution in [0.1, 0.15) is 28.9 Å². The van der Waals surface area contributed by atoms with Crippen molar-refractivity contribution in [2.75, 3.05) is 31.6 Å². The van der Waals surface area contributed by atoms with Crippen molar-refractivity contribution in [1.29, 1.82) is 0 Å². The summed E-state index contributed by atoms with van der Waals surface area (Å²) in [5, 5.41) is 7.29. The van der Waals surface area contributed by atoms with Gasteiger partial charge in [-0.05, 0) is 31.6 Å². The lowest BCUT2D eigenvalue weighted by Gasteiger charge is -2.19. The summed E-state index contributed by atoms with van der Waals surface area (Å²) in [5.74, 6) is 1.17. The van der Waals surface area contributed by atoms with Crippen molar-refractivity contribution >= 4 is 28.2 Å². The molecule has 2 fully saturated rings. The Kier molecular flexibility index (Phi) is 6.17. The van der Waals surface area contributed by atoms with E-state index in [1.807, 2.05) is 14.0 Å². The number of sulfone groups is 1. The largest absolute Gasteiger partial charge is 0.348 e. The van der Waals surface area contributed by atoms with Crippen LogP contribution < -0.4 is 5.32 Å². The van der Waals surface area contributed by atoms with Crippen LogP contribution in [0.3, 0.4) is 0 Å². The summed E-state index contributed by atoms with van der Waals surface area (Å²) in [7, 11) is -1.14. The summed E-state index contributed by atoms with van der Waals surface area (Å²) in [6.45, 7) is 4.02. The Balaban J connectivity index is 0.00000225. The molecule has 3 rings (SSSR count). The fourth-order valence-electron chi connectivity index (χ4n) is 3.51. The Hall–Kier alpha value is -1.12. The molecule has 7 nitrogen and oxygen atoms in total. The summed E-state index contributed by atoms with van der Waals surface area (Å²) in [4.78, 5) is 14.7. The second-order valence-electron chi connectivity index (χ2n) is 7.24. The van der Waals surface area contributed by atoms with Crippen LogP contribution in [0.15, 0.2) is 6.20 Å². The molecule has 0 bridgehead atoms. The minimum Gasteiger partial charge on any atom is -0.348 e. The summed E-state index contributed by atoms with van der Waals surface area (Å²) in [5.41, 5.74) is 1.46. The van der Waals surface area contributed by atoms with E-state index in [1.54, 1.807) is 10.9 Å². The van der Waals surface area contributed by atoms with E-state index in [2.05, 4.69) is 15.3 Å². The van der Waals surface area contributed by atoms with Crippen LogP contribution >= 0.6 is 12.4 Å². The van der Waals surface area contributed by atoms with Gasteiger partial charge in [0.1, 0.15) is 9.84 Å². The highest BCUT2D eigenvalue weighted by molar-refractivity contribution is 7.90. The lowest BCUT2D eigenvalue weighted by molar-refractivity contribution is 0.0927. The summed E-state index contributed by atoms with van der Waals surface area (Å²) in [6, 6.07) is 0.0872. The number of amides is 1. The zero-order valence-electron chi connectivity index (χ0n) is 14.9. The van der Waals surface area contributed by atoms with Gasteiger partial charge in [0.2, 0.25) is 0 Å². The molecule has 1 aliphatic heterocycles. The Morgan fingerprint density at radius 2 is 2.04 bits per heavy atom. The van der Waals surface area contributed by atoms with E-state index in [4.69, 9.17) is 0 Å². The first-order chi connectivity index (χ1) is 11.2. The molecule has 2 aliphatic rings. The second-order valence-corrected chi connectivity index (χ2v) is 9.50. The van der Waals surface area contributed by atoms with Crippen LogP contribution in [-0.4, -0.2) is 66.7 Å². The number of halogens is 1. The smallest absolute Gasteiger partial charge is 0.255 e. The van der Waals surface area contributed by atoms with Gasteiger partial charge >= 0.3 is 0 Å². The van der Waals surface area contributed by atoms with Crippen LogP contribution in [0, 0.1) is 18.8 Å². The molecule has 0 unspecified atom stereocenters. The minimum atomic E-state index is -2.96. The zero-order chi connectivity index (χ0) is 17.5. The highest BCUT2D eigenvalue weighted by atomic mass is 35.5. The van der Waals surface area contributed by atoms with E-state index >= 15 is 0 Å². The lowest BCUT2D eigenvalue weighted by Crippen LogP contribution is -2.41. The van der Waals surface area contributed by atoms with E-state index in [0.29, 0.717) is 23.9 Å². The number of aryl methyl sites for hydroxylation is 1. The van der Waals surface area contributed by atoms with Gasteiger partial charge in [-0.25, -0.2) is 8.42 Å². The quantitative estimate of drug-likeness (QED) is 0.770. The number of hydrogen-bond donors (Lipinski definition) is 1. The lowest BCUT2D eigenvalue weighted by atomic mass is 9.98. The molecule has 2 atom stereocenters. The van der Waals surface area contributed by atoms with Crippen molar-refractivity contribution < 1.29 is 13.2 Å². The van der Waals surface area contributed by atoms with E-state index in [0.717, 1.165) is 18.8 Å². The average Bonchev–Trinajstić information content (AvgIpc) is 3.18. The minimum absolute atomic E-state index is 0. The molecular weight excluding hydrogens is 364 g/mol. The molecule has 142 valence electrons. The average molecular weight is 391 g/mol. The third-order valence-electron chi connectivity index (χ3n) is 5.24. The fraction of sp³-hybridized carbons (Fsp3) is 0.750. The molecule has 1 aliphatic carbocycles. The Labute approximate surface area is 155 Å². The topological polar surface area (TPSA) is 84.3 Å². The van der Waals surface area contributed by atoms with Crippen molar-refractivity contribution in [2.24, 2.45) is 18.9 Å². The maximum atomic E-state index is 12.6. The predicted octanol–water partition coefficient (Wildman–Crippen LogP) is 0.635. The molecular formula is C16H27ClN4O3S. The number of nitrogens with one attached hydrogen (secondary N) is 1. The summed E-state index contributed by atoms with van der Waals surface area (Å²) in [6.07, 6.45) is 5.30. The van der Waals surface area contributed by atoms with Gasteiger partial charge in [0.25, 0.3) is 5.91 Å². The van der Waals surface area contributed by atoms with E-state index in [-0.39, 0.29) is 30.1 Å². The molecule has 9 heteroatoms. The maximum absolute atomic E-state index is 12.6. The summed E-state index contributed by atoms with van der Waals surface area (Å²) < 4.78 is 24.5. The van der Waals surface area contributed by atoms with Crippen LogP contribution in [0.5, 0.6) is 0 Å². The molecule has 1 N–H and O–H groups in total. The van der Waals surface area contributed by atoms with Gasteiger partial charge < -0.3 is 5.32 Å². The van der Waals surface area contributed by atoms with Crippen molar-refractivity contribution in [3.8, 4) is 0 Å². The normalized spacial score (nSPS) is 24.1. The van der Waals surface area contributed by atoms with Gasteiger partial charge in [-0.3, -0.25) is 14.4 Å². The SMILES string of the molecule is Cc1c(C(=O)N[C@H]2CN(CCS(C)(=O)=O)C[C@@H]2C2CC2)cnn1C.Cl. The van der Waals surface area contributed by atoms with E-state index in [9.17, 15) is 13.2 Å². The van der Waals surface area contributed by atoms with Crippen LogP contribution in [0.25, 0.3) is 0 Å². The van der Waals surface area contributed by atoms with E-state index in [1.165, 1.54) is 19.1 Å². The van der Waals surface area contributed by atoms with Crippen LogP contribution in [0.4, 0.5) is 0 Å². The number of carbonyl (C=O) groups excluding carboxylic acids is 1. The third kappa shape index (κ3) is 4.95. The molecule has 25 heavy (non-hydrogen) atoms. The van der Waals surface area contributed by atoms with E-state index < -0.39 is 9.84 Å². The Morgan fingerprint density at radius 3 is 2.56 bits per heavy atom. The van der Waals surface area contributed by atoms with Crippen LogP contribution in [0.2, 0.25) is 0 Å². The third-order valence-corrected chi connectivity index (χ3v) is 6.17. The molecule has 0 spiro atoms. The van der Waals surface area contributed by atoms with Crippen molar-refractivity contribution in [3.63, 3.8) is 0 Å². The molecule has 0 aromatic carbocycles. The van der Waals surface area contributed by atoms with Gasteiger partial charge in [0.15, 0.2) is 0 Å². The maximum Gasteiger partial charge on any atom is 0.255 e. The van der Waals surface area contributed by atoms with Crippen LogP contribution in [-0.2, 0) is 16.9 Å². The number of hydrogen-bond acceptors (Lipinski definition) is 5. The van der Waals surface area contributed by atoms with Crippen molar-refractivity contribution in [2.45, 2.75) is 25.8 Å². The van der Waals surface area contributed by atoms with Gasteiger partial charge in [-0.2, -0.15) is 5.10 Å². The Bertz CT molecular complexity index is 730.